The van der Waals surface area contributed by atoms with Gasteiger partial charge in [-0.05, 0) is 37.8 Å². The van der Waals surface area contributed by atoms with Gasteiger partial charge in [0, 0.05) is 6.92 Å². The van der Waals surface area contributed by atoms with Crippen LogP contribution in [0.1, 0.15) is 39.5 Å². The van der Waals surface area contributed by atoms with Crippen LogP contribution in [0.15, 0.2) is 35.9 Å². The molecule has 6 heteroatoms. The summed E-state index contributed by atoms with van der Waals surface area (Å²) in [6.45, 7) is 3.25. The number of allylic oxidation sites excluding steroid dienone is 1. The lowest BCUT2D eigenvalue weighted by molar-refractivity contribution is -0.131. The Morgan fingerprint density at radius 2 is 2.09 bits per heavy atom. The van der Waals surface area contributed by atoms with Gasteiger partial charge < -0.3 is 4.74 Å². The number of hydrogen-bond acceptors (Lipinski definition) is 4. The Morgan fingerprint density at radius 3 is 2.77 bits per heavy atom. The van der Waals surface area contributed by atoms with Gasteiger partial charge in [-0.1, -0.05) is 30.7 Å². The second-order valence-corrected chi connectivity index (χ2v) is 7.15. The predicted octanol–water partition coefficient (Wildman–Crippen LogP) is 3.24. The van der Waals surface area contributed by atoms with Gasteiger partial charge >= 0.3 is 5.97 Å². The highest BCUT2D eigenvalue weighted by molar-refractivity contribution is 7.93. The second kappa shape index (κ2) is 6.96. The van der Waals surface area contributed by atoms with Gasteiger partial charge in [0.25, 0.3) is 0 Å². The lowest BCUT2D eigenvalue weighted by Crippen LogP contribution is -2.31. The van der Waals surface area contributed by atoms with E-state index < -0.39 is 21.2 Å². The Hall–Kier alpha value is -1.82. The summed E-state index contributed by atoms with van der Waals surface area (Å²) >= 11 is 0. The summed E-state index contributed by atoms with van der Waals surface area (Å²) in [6.07, 6.45) is 5.15. The normalized spacial score (nSPS) is 18.5. The first-order valence-electron chi connectivity index (χ1n) is 7.42. The molecule has 120 valence electrons. The zero-order valence-corrected chi connectivity index (χ0v) is 13.7. The van der Waals surface area contributed by atoms with Crippen LogP contribution in [0.25, 0.3) is 0 Å². The van der Waals surface area contributed by atoms with E-state index in [4.69, 9.17) is 4.74 Å². The number of nitrogens with one attached hydrogen (secondary N) is 1. The van der Waals surface area contributed by atoms with E-state index in [9.17, 15) is 13.2 Å². The van der Waals surface area contributed by atoms with E-state index in [1.807, 2.05) is 13.0 Å². The molecule has 0 radical (unpaired) electrons. The van der Waals surface area contributed by atoms with Crippen LogP contribution in [0.2, 0.25) is 0 Å². The maximum Gasteiger partial charge on any atom is 0.308 e. The van der Waals surface area contributed by atoms with E-state index in [0.29, 0.717) is 12.1 Å². The van der Waals surface area contributed by atoms with Gasteiger partial charge in [-0.15, -0.1) is 0 Å². The van der Waals surface area contributed by atoms with Crippen LogP contribution < -0.4 is 9.46 Å². The van der Waals surface area contributed by atoms with Gasteiger partial charge in [-0.25, -0.2) is 8.42 Å². The third-order valence-corrected chi connectivity index (χ3v) is 5.46. The van der Waals surface area contributed by atoms with Crippen LogP contribution in [-0.2, 0) is 14.8 Å². The highest BCUT2D eigenvalue weighted by Crippen LogP contribution is 2.31. The minimum Gasteiger partial charge on any atom is -0.424 e. The lowest BCUT2D eigenvalue weighted by Gasteiger charge is -2.24. The predicted molar refractivity (Wildman–Crippen MR) is 86.3 cm³/mol. The van der Waals surface area contributed by atoms with Gasteiger partial charge in [0.05, 0.1) is 5.69 Å². The summed E-state index contributed by atoms with van der Waals surface area (Å²) < 4.78 is 33.0. The van der Waals surface area contributed by atoms with Crippen molar-refractivity contribution in [1.82, 2.24) is 0 Å². The molecule has 2 rings (SSSR count). The van der Waals surface area contributed by atoms with E-state index in [2.05, 4.69) is 4.72 Å². The minimum atomic E-state index is -3.57. The molecule has 1 atom stereocenters. The molecular weight excluding hydrogens is 302 g/mol. The van der Waals surface area contributed by atoms with Crippen molar-refractivity contribution >= 4 is 21.7 Å². The van der Waals surface area contributed by atoms with Gasteiger partial charge in [0.15, 0.2) is 5.75 Å². The van der Waals surface area contributed by atoms with Crippen LogP contribution >= 0.6 is 0 Å². The van der Waals surface area contributed by atoms with Crippen molar-refractivity contribution in [1.29, 1.82) is 0 Å². The van der Waals surface area contributed by atoms with E-state index in [0.717, 1.165) is 24.8 Å². The number of benzene rings is 1. The summed E-state index contributed by atoms with van der Waals surface area (Å²) in [6, 6.07) is 6.54. The molecule has 0 amide bonds. The molecule has 22 heavy (non-hydrogen) atoms. The number of ether oxygens (including phenoxy) is 1. The van der Waals surface area contributed by atoms with Gasteiger partial charge in [0.2, 0.25) is 10.0 Å². The first kappa shape index (κ1) is 16.5. The van der Waals surface area contributed by atoms with Crippen molar-refractivity contribution < 1.29 is 17.9 Å². The maximum absolute atomic E-state index is 12.7. The smallest absolute Gasteiger partial charge is 0.308 e. The quantitative estimate of drug-likeness (QED) is 0.513. The molecule has 0 spiro atoms. The summed E-state index contributed by atoms with van der Waals surface area (Å²) in [5.41, 5.74) is 1.24. The Balaban J connectivity index is 2.27. The van der Waals surface area contributed by atoms with Crippen molar-refractivity contribution in [3.8, 4) is 5.75 Å². The fourth-order valence-corrected chi connectivity index (χ4v) is 4.41. The van der Waals surface area contributed by atoms with Crippen LogP contribution in [0.5, 0.6) is 5.75 Å². The number of sulfonamides is 1. The molecular formula is C16H21NO4S. The largest absolute Gasteiger partial charge is 0.424 e. The summed E-state index contributed by atoms with van der Waals surface area (Å²) in [5, 5.41) is -0.517. The average molecular weight is 323 g/mol. The SMILES string of the molecule is CCC1=CCCCC1S(=O)(=O)Nc1ccccc1OC(C)=O. The number of rotatable bonds is 5. The maximum atomic E-state index is 12.7. The molecule has 1 N–H and O–H groups in total. The number of carbonyl (C=O) groups excluding carboxylic acids is 1. The first-order valence-corrected chi connectivity index (χ1v) is 8.96. The molecule has 1 aromatic carbocycles. The van der Waals surface area contributed by atoms with Crippen LogP contribution in [0, 0.1) is 0 Å². The molecule has 0 aliphatic heterocycles. The third kappa shape index (κ3) is 3.88. The summed E-state index contributed by atoms with van der Waals surface area (Å²) in [4.78, 5) is 11.1. The third-order valence-electron chi connectivity index (χ3n) is 3.67. The minimum absolute atomic E-state index is 0.219. The molecule has 1 aromatic rings. The lowest BCUT2D eigenvalue weighted by atomic mass is 9.97. The molecule has 0 bridgehead atoms. The fourth-order valence-electron chi connectivity index (χ4n) is 2.65. The topological polar surface area (TPSA) is 72.5 Å². The number of esters is 1. The van der Waals surface area contributed by atoms with Crippen molar-refractivity contribution in [2.75, 3.05) is 4.72 Å². The van der Waals surface area contributed by atoms with Crippen molar-refractivity contribution in [3.63, 3.8) is 0 Å². The van der Waals surface area contributed by atoms with E-state index in [1.54, 1.807) is 24.3 Å². The van der Waals surface area contributed by atoms with Crippen LogP contribution in [0.4, 0.5) is 5.69 Å². The summed E-state index contributed by atoms with van der Waals surface area (Å²) in [5.74, 6) is -0.269. The standard InChI is InChI=1S/C16H21NO4S/c1-3-13-8-4-7-11-16(13)22(19,20)17-14-9-5-6-10-15(14)21-12(2)18/h5-6,8-10,16-17H,3-4,7,11H2,1-2H3. The molecule has 0 aromatic heterocycles. The Bertz CT molecular complexity index is 679. The van der Waals surface area contributed by atoms with Gasteiger partial charge in [-0.2, -0.15) is 0 Å². The van der Waals surface area contributed by atoms with Crippen molar-refractivity contribution in [2.24, 2.45) is 0 Å². The number of para-hydroxylation sites is 2. The van der Waals surface area contributed by atoms with E-state index >= 15 is 0 Å². The molecule has 1 aliphatic carbocycles. The highest BCUT2D eigenvalue weighted by Gasteiger charge is 2.30. The van der Waals surface area contributed by atoms with Gasteiger partial charge in [-0.3, -0.25) is 9.52 Å². The summed E-state index contributed by atoms with van der Waals surface area (Å²) in [7, 11) is -3.57. The van der Waals surface area contributed by atoms with E-state index in [1.165, 1.54) is 6.92 Å². The second-order valence-electron chi connectivity index (χ2n) is 5.29. The molecule has 0 heterocycles. The van der Waals surface area contributed by atoms with Crippen LogP contribution in [-0.4, -0.2) is 19.6 Å². The molecule has 0 saturated carbocycles. The highest BCUT2D eigenvalue weighted by atomic mass is 32.2. The van der Waals surface area contributed by atoms with Crippen LogP contribution in [0.3, 0.4) is 0 Å². The molecule has 0 fully saturated rings. The van der Waals surface area contributed by atoms with E-state index in [-0.39, 0.29) is 5.75 Å². The zero-order chi connectivity index (χ0) is 16.2. The Kier molecular flexibility index (Phi) is 5.24. The first-order chi connectivity index (χ1) is 10.4. The number of anilines is 1. The van der Waals surface area contributed by atoms with Crippen molar-refractivity contribution in [2.45, 2.75) is 44.8 Å². The average Bonchev–Trinajstić information content (AvgIpc) is 2.48. The molecule has 1 unspecified atom stereocenters. The van der Waals surface area contributed by atoms with Gasteiger partial charge in [0.1, 0.15) is 5.25 Å². The Morgan fingerprint density at radius 1 is 1.36 bits per heavy atom. The fraction of sp³-hybridized carbons (Fsp3) is 0.438. The monoisotopic (exact) mass is 323 g/mol. The Labute approximate surface area is 131 Å². The van der Waals surface area contributed by atoms with Crippen molar-refractivity contribution in [3.05, 3.63) is 35.9 Å². The zero-order valence-electron chi connectivity index (χ0n) is 12.8. The number of carbonyl (C=O) groups is 1. The molecule has 5 nitrogen and oxygen atoms in total. The molecule has 1 aliphatic rings. The molecule has 0 saturated heterocycles. The number of hydrogen-bond donors (Lipinski definition) is 1.